The number of rotatable bonds is 1. The average molecular weight is 297 g/mol. The first kappa shape index (κ1) is 11.5. The molecule has 2 aromatic heterocycles. The number of halogens is 1. The summed E-state index contributed by atoms with van der Waals surface area (Å²) in [6.07, 6.45) is 1.57. The fourth-order valence-corrected chi connectivity index (χ4v) is 2.67. The van der Waals surface area contributed by atoms with Crippen molar-refractivity contribution in [2.24, 2.45) is 0 Å². The van der Waals surface area contributed by atoms with Crippen LogP contribution in [0.4, 0.5) is 0 Å². The van der Waals surface area contributed by atoms with Crippen LogP contribution in [0.2, 0.25) is 5.02 Å². The van der Waals surface area contributed by atoms with E-state index in [1.165, 1.54) is 6.07 Å². The molecule has 2 heterocycles. The highest BCUT2D eigenvalue weighted by atomic mass is 35.5. The van der Waals surface area contributed by atoms with Crippen molar-refractivity contribution in [2.45, 2.75) is 0 Å². The maximum absolute atomic E-state index is 11.2. The molecular formula is C10H5ClN4OS2. The van der Waals surface area contributed by atoms with Crippen LogP contribution in [0.15, 0.2) is 29.2 Å². The monoisotopic (exact) mass is 296 g/mol. The third-order valence-corrected chi connectivity index (χ3v) is 3.56. The Labute approximate surface area is 115 Å². The molecule has 1 aromatic carbocycles. The molecular weight excluding hydrogens is 292 g/mol. The van der Waals surface area contributed by atoms with E-state index < -0.39 is 0 Å². The molecule has 0 fully saturated rings. The number of nitrogens with zero attached hydrogens (tertiary/aromatic N) is 3. The van der Waals surface area contributed by atoms with Crippen LogP contribution in [0.1, 0.15) is 0 Å². The van der Waals surface area contributed by atoms with E-state index in [4.69, 9.17) is 23.8 Å². The molecule has 0 unspecified atom stereocenters. The molecule has 0 bridgehead atoms. The van der Waals surface area contributed by atoms with Gasteiger partial charge < -0.3 is 0 Å². The Kier molecular flexibility index (Phi) is 2.73. The zero-order valence-corrected chi connectivity index (χ0v) is 11.1. The number of benzene rings is 1. The third kappa shape index (κ3) is 1.76. The second-order valence-corrected chi connectivity index (χ2v) is 4.83. The summed E-state index contributed by atoms with van der Waals surface area (Å²) >= 11 is 12.4. The molecule has 0 atom stereocenters. The van der Waals surface area contributed by atoms with E-state index in [0.29, 0.717) is 16.2 Å². The van der Waals surface area contributed by atoms with E-state index in [-0.39, 0.29) is 10.3 Å². The average Bonchev–Trinajstić information content (AvgIpc) is 2.79. The van der Waals surface area contributed by atoms with Crippen molar-refractivity contribution in [1.29, 1.82) is 0 Å². The molecule has 0 saturated carbocycles. The molecule has 18 heavy (non-hydrogen) atoms. The van der Waals surface area contributed by atoms with Crippen LogP contribution in [0.3, 0.4) is 0 Å². The van der Waals surface area contributed by atoms with Crippen LogP contribution in [0, 0.1) is 4.77 Å². The highest BCUT2D eigenvalue weighted by Crippen LogP contribution is 2.28. The number of aromatic nitrogens is 4. The standard InChI is InChI=1S/C10H5ClN4OS2/c11-5-1-2-6-8(14-18-13-6)9(5)15-4-3-7(16)12-10(15)17/h1-4H,(H,12,16,17). The molecule has 3 rings (SSSR count). The Hall–Kier alpha value is -1.57. The van der Waals surface area contributed by atoms with Crippen LogP contribution in [-0.2, 0) is 0 Å². The summed E-state index contributed by atoms with van der Waals surface area (Å²) in [7, 11) is 0. The minimum absolute atomic E-state index is 0.254. The molecule has 0 spiro atoms. The van der Waals surface area contributed by atoms with Crippen LogP contribution in [-0.4, -0.2) is 18.3 Å². The molecule has 90 valence electrons. The number of aromatic amines is 1. The first-order chi connectivity index (χ1) is 8.66. The lowest BCUT2D eigenvalue weighted by Crippen LogP contribution is -2.10. The van der Waals surface area contributed by atoms with Gasteiger partial charge >= 0.3 is 0 Å². The Morgan fingerprint density at radius 2 is 2.17 bits per heavy atom. The molecule has 0 amide bonds. The van der Waals surface area contributed by atoms with Gasteiger partial charge in [-0.25, -0.2) is 0 Å². The van der Waals surface area contributed by atoms with Gasteiger partial charge in [-0.05, 0) is 24.4 Å². The summed E-state index contributed by atoms with van der Waals surface area (Å²) in [4.78, 5) is 13.7. The Morgan fingerprint density at radius 3 is 2.94 bits per heavy atom. The summed E-state index contributed by atoms with van der Waals surface area (Å²) in [5.41, 5.74) is 1.78. The fourth-order valence-electron chi connectivity index (χ4n) is 1.64. The number of hydrogen-bond acceptors (Lipinski definition) is 5. The lowest BCUT2D eigenvalue weighted by molar-refractivity contribution is 0.942. The lowest BCUT2D eigenvalue weighted by atomic mass is 10.2. The third-order valence-electron chi connectivity index (χ3n) is 2.42. The molecule has 0 aliphatic heterocycles. The normalized spacial score (nSPS) is 10.9. The van der Waals surface area contributed by atoms with Crippen LogP contribution < -0.4 is 5.56 Å². The quantitative estimate of drug-likeness (QED) is 0.701. The van der Waals surface area contributed by atoms with E-state index in [0.717, 1.165) is 17.2 Å². The van der Waals surface area contributed by atoms with Crippen molar-refractivity contribution in [3.05, 3.63) is 44.5 Å². The zero-order valence-electron chi connectivity index (χ0n) is 8.75. The van der Waals surface area contributed by atoms with Crippen molar-refractivity contribution in [1.82, 2.24) is 18.3 Å². The lowest BCUT2D eigenvalue weighted by Gasteiger charge is -2.08. The number of H-pyrrole nitrogens is 1. The molecule has 1 N–H and O–H groups in total. The van der Waals surface area contributed by atoms with Gasteiger partial charge in [0.1, 0.15) is 11.0 Å². The predicted molar refractivity (Wildman–Crippen MR) is 73.2 cm³/mol. The summed E-state index contributed by atoms with van der Waals surface area (Å²) in [6, 6.07) is 4.90. The van der Waals surface area contributed by atoms with Crippen molar-refractivity contribution >= 4 is 46.6 Å². The zero-order chi connectivity index (χ0) is 12.7. The van der Waals surface area contributed by atoms with Crippen molar-refractivity contribution in [3.8, 4) is 5.69 Å². The summed E-state index contributed by atoms with van der Waals surface area (Å²) < 4.78 is 10.2. The van der Waals surface area contributed by atoms with Gasteiger partial charge in [-0.1, -0.05) is 11.6 Å². The maximum Gasteiger partial charge on any atom is 0.251 e. The van der Waals surface area contributed by atoms with Crippen LogP contribution in [0.5, 0.6) is 0 Å². The molecule has 3 aromatic rings. The minimum Gasteiger partial charge on any atom is -0.299 e. The molecule has 0 radical (unpaired) electrons. The maximum atomic E-state index is 11.2. The van der Waals surface area contributed by atoms with Gasteiger partial charge in [-0.15, -0.1) is 0 Å². The van der Waals surface area contributed by atoms with Gasteiger partial charge in [0.25, 0.3) is 5.56 Å². The van der Waals surface area contributed by atoms with Gasteiger partial charge in [0.05, 0.1) is 22.4 Å². The molecule has 0 saturated heterocycles. The summed E-state index contributed by atoms with van der Waals surface area (Å²) in [6.45, 7) is 0. The number of fused-ring (bicyclic) bond motifs is 1. The fraction of sp³-hybridized carbons (Fsp3) is 0. The molecule has 0 aliphatic carbocycles. The molecule has 8 heteroatoms. The van der Waals surface area contributed by atoms with E-state index in [2.05, 4.69) is 13.7 Å². The first-order valence-electron chi connectivity index (χ1n) is 4.90. The summed E-state index contributed by atoms with van der Waals surface area (Å²) in [5, 5.41) is 0.498. The van der Waals surface area contributed by atoms with Gasteiger partial charge in [-0.3, -0.25) is 14.3 Å². The topological polar surface area (TPSA) is 63.6 Å². The molecule has 5 nitrogen and oxygen atoms in total. The van der Waals surface area contributed by atoms with Gasteiger partial charge in [0.2, 0.25) is 0 Å². The van der Waals surface area contributed by atoms with Crippen LogP contribution >= 0.6 is 35.5 Å². The SMILES string of the molecule is O=c1ccn(-c2c(Cl)ccc3nsnc23)c(=S)[nH]1. The Morgan fingerprint density at radius 1 is 1.33 bits per heavy atom. The first-order valence-corrected chi connectivity index (χ1v) is 6.41. The molecule has 0 aliphatic rings. The van der Waals surface area contributed by atoms with Gasteiger partial charge in [0.15, 0.2) is 4.77 Å². The minimum atomic E-state index is -0.254. The Bertz CT molecular complexity index is 851. The smallest absolute Gasteiger partial charge is 0.251 e. The Balaban J connectivity index is 2.44. The van der Waals surface area contributed by atoms with Gasteiger partial charge in [0, 0.05) is 12.3 Å². The van der Waals surface area contributed by atoms with Crippen molar-refractivity contribution in [3.63, 3.8) is 0 Å². The summed E-state index contributed by atoms with van der Waals surface area (Å²) in [5.74, 6) is 0. The van der Waals surface area contributed by atoms with Crippen LogP contribution in [0.25, 0.3) is 16.7 Å². The predicted octanol–water partition coefficient (Wildman–Crippen LogP) is 2.55. The number of nitrogens with one attached hydrogen (secondary N) is 1. The van der Waals surface area contributed by atoms with E-state index in [9.17, 15) is 4.79 Å². The number of hydrogen-bond donors (Lipinski definition) is 1. The second-order valence-electron chi connectivity index (χ2n) is 3.51. The van der Waals surface area contributed by atoms with E-state index in [1.54, 1.807) is 22.9 Å². The second kappa shape index (κ2) is 4.27. The van der Waals surface area contributed by atoms with Crippen molar-refractivity contribution in [2.75, 3.05) is 0 Å². The largest absolute Gasteiger partial charge is 0.299 e. The highest BCUT2D eigenvalue weighted by Gasteiger charge is 2.12. The van der Waals surface area contributed by atoms with E-state index >= 15 is 0 Å². The highest BCUT2D eigenvalue weighted by molar-refractivity contribution is 7.71. The van der Waals surface area contributed by atoms with Crippen molar-refractivity contribution < 1.29 is 0 Å². The van der Waals surface area contributed by atoms with E-state index in [1.807, 2.05) is 0 Å². The van der Waals surface area contributed by atoms with Gasteiger partial charge in [-0.2, -0.15) is 8.75 Å².